The number of hydrogen-bond acceptors (Lipinski definition) is 3. The lowest BCUT2D eigenvalue weighted by Gasteiger charge is -2.13. The molecule has 1 atom stereocenters. The van der Waals surface area contributed by atoms with Crippen LogP contribution in [0.3, 0.4) is 0 Å². The predicted molar refractivity (Wildman–Crippen MR) is 94.8 cm³/mol. The highest BCUT2D eigenvalue weighted by atomic mass is 32.2. The summed E-state index contributed by atoms with van der Waals surface area (Å²) in [6.07, 6.45) is 0. The molecule has 2 aromatic carbocycles. The Balaban J connectivity index is 1.99. The Morgan fingerprint density at radius 1 is 1.04 bits per heavy atom. The fourth-order valence-corrected chi connectivity index (χ4v) is 2.97. The lowest BCUT2D eigenvalue weighted by molar-refractivity contribution is -0.115. The quantitative estimate of drug-likeness (QED) is 0.825. The number of anilines is 1. The maximum Gasteiger partial charge on any atom is 0.248 e. The van der Waals surface area contributed by atoms with Gasteiger partial charge in [0, 0.05) is 16.1 Å². The van der Waals surface area contributed by atoms with Gasteiger partial charge in [-0.25, -0.2) is 0 Å². The number of amides is 2. The minimum atomic E-state index is -0.485. The average Bonchev–Trinajstić information content (AvgIpc) is 2.51. The molecule has 0 spiro atoms. The van der Waals surface area contributed by atoms with Gasteiger partial charge < -0.3 is 11.1 Å². The zero-order chi connectivity index (χ0) is 17.0. The van der Waals surface area contributed by atoms with Gasteiger partial charge in [-0.05, 0) is 68.3 Å². The van der Waals surface area contributed by atoms with Crippen molar-refractivity contribution < 1.29 is 9.59 Å². The second kappa shape index (κ2) is 7.33. The van der Waals surface area contributed by atoms with Gasteiger partial charge in [0.15, 0.2) is 0 Å². The Hall–Kier alpha value is -2.27. The van der Waals surface area contributed by atoms with Crippen LogP contribution in [0.4, 0.5) is 5.69 Å². The monoisotopic (exact) mass is 328 g/mol. The average molecular weight is 328 g/mol. The number of nitrogens with two attached hydrogens (primary N) is 1. The Labute approximate surface area is 140 Å². The molecule has 0 aliphatic rings. The van der Waals surface area contributed by atoms with Crippen molar-refractivity contribution in [2.24, 2.45) is 5.73 Å². The van der Waals surface area contributed by atoms with Crippen molar-refractivity contribution in [2.45, 2.75) is 30.9 Å². The van der Waals surface area contributed by atoms with Crippen LogP contribution in [0.25, 0.3) is 0 Å². The fourth-order valence-electron chi connectivity index (χ4n) is 2.01. The van der Waals surface area contributed by atoms with Crippen LogP contribution in [0, 0.1) is 13.8 Å². The lowest BCUT2D eigenvalue weighted by atomic mass is 10.1. The van der Waals surface area contributed by atoms with E-state index in [4.69, 9.17) is 5.73 Å². The second-order valence-corrected chi connectivity index (χ2v) is 6.85. The Morgan fingerprint density at radius 2 is 1.70 bits per heavy atom. The summed E-state index contributed by atoms with van der Waals surface area (Å²) in [5.41, 5.74) is 8.71. The fraction of sp³-hybridized carbons (Fsp3) is 0.222. The molecule has 120 valence electrons. The van der Waals surface area contributed by atoms with E-state index in [0.29, 0.717) is 11.3 Å². The highest BCUT2D eigenvalue weighted by Crippen LogP contribution is 2.26. The first-order chi connectivity index (χ1) is 10.9. The number of thioether (sulfide) groups is 1. The molecule has 0 aromatic heterocycles. The van der Waals surface area contributed by atoms with Crippen LogP contribution in [-0.4, -0.2) is 17.1 Å². The van der Waals surface area contributed by atoms with Crippen molar-refractivity contribution in [3.8, 4) is 0 Å². The zero-order valence-corrected chi connectivity index (χ0v) is 14.2. The lowest BCUT2D eigenvalue weighted by Crippen LogP contribution is -2.22. The minimum Gasteiger partial charge on any atom is -0.366 e. The van der Waals surface area contributed by atoms with Crippen molar-refractivity contribution in [1.82, 2.24) is 0 Å². The summed E-state index contributed by atoms with van der Waals surface area (Å²) in [4.78, 5) is 24.4. The number of hydrogen-bond donors (Lipinski definition) is 2. The summed E-state index contributed by atoms with van der Waals surface area (Å²) in [5, 5.41) is 2.61. The summed E-state index contributed by atoms with van der Waals surface area (Å²) >= 11 is 1.52. The molecule has 23 heavy (non-hydrogen) atoms. The van der Waals surface area contributed by atoms with Crippen LogP contribution in [0.15, 0.2) is 47.4 Å². The molecule has 0 aliphatic heterocycles. The largest absolute Gasteiger partial charge is 0.366 e. The van der Waals surface area contributed by atoms with Crippen LogP contribution in [0.1, 0.15) is 28.4 Å². The molecule has 2 amide bonds. The number of rotatable bonds is 5. The molecule has 0 fully saturated rings. The van der Waals surface area contributed by atoms with Crippen molar-refractivity contribution in [1.29, 1.82) is 0 Å². The molecule has 5 heteroatoms. The van der Waals surface area contributed by atoms with E-state index in [9.17, 15) is 9.59 Å². The summed E-state index contributed by atoms with van der Waals surface area (Å²) < 4.78 is 0. The van der Waals surface area contributed by atoms with Gasteiger partial charge in [0.05, 0.1) is 5.25 Å². The molecule has 2 aromatic rings. The molecule has 4 nitrogen and oxygen atoms in total. The van der Waals surface area contributed by atoms with E-state index in [0.717, 1.165) is 4.90 Å². The first-order valence-corrected chi connectivity index (χ1v) is 8.19. The normalized spacial score (nSPS) is 11.8. The van der Waals surface area contributed by atoms with E-state index in [2.05, 4.69) is 31.3 Å². The molecule has 0 saturated heterocycles. The summed E-state index contributed by atoms with van der Waals surface area (Å²) in [6.45, 7) is 5.99. The van der Waals surface area contributed by atoms with Gasteiger partial charge in [-0.2, -0.15) is 0 Å². The zero-order valence-electron chi connectivity index (χ0n) is 13.4. The third kappa shape index (κ3) is 4.60. The molecular formula is C18H20N2O2S. The molecular weight excluding hydrogens is 308 g/mol. The molecule has 0 aliphatic carbocycles. The van der Waals surface area contributed by atoms with Gasteiger partial charge in [-0.3, -0.25) is 9.59 Å². The SMILES string of the molecule is Cc1ccc(S[C@@H](C)C(=O)Nc2ccc(C(N)=O)cc2)cc1C. The highest BCUT2D eigenvalue weighted by molar-refractivity contribution is 8.00. The molecule has 2 rings (SSSR count). The van der Waals surface area contributed by atoms with E-state index in [1.165, 1.54) is 22.9 Å². The Bertz CT molecular complexity index is 726. The van der Waals surface area contributed by atoms with Crippen molar-refractivity contribution in [3.63, 3.8) is 0 Å². The van der Waals surface area contributed by atoms with Gasteiger partial charge >= 0.3 is 0 Å². The van der Waals surface area contributed by atoms with E-state index in [-0.39, 0.29) is 11.2 Å². The molecule has 0 unspecified atom stereocenters. The third-order valence-electron chi connectivity index (χ3n) is 3.60. The molecule has 0 radical (unpaired) electrons. The molecule has 3 N–H and O–H groups in total. The van der Waals surface area contributed by atoms with Crippen LogP contribution in [0.2, 0.25) is 0 Å². The number of carbonyl (C=O) groups is 2. The van der Waals surface area contributed by atoms with E-state index < -0.39 is 5.91 Å². The standard InChI is InChI=1S/C18H20N2O2S/c1-11-4-9-16(10-12(11)2)23-13(3)18(22)20-15-7-5-14(6-8-15)17(19)21/h4-10,13H,1-3H3,(H2,19,21)(H,20,22)/t13-/m0/s1. The Morgan fingerprint density at radius 3 is 2.26 bits per heavy atom. The van der Waals surface area contributed by atoms with Gasteiger partial charge in [0.2, 0.25) is 11.8 Å². The first kappa shape index (κ1) is 17.1. The van der Waals surface area contributed by atoms with Gasteiger partial charge in [0.25, 0.3) is 0 Å². The number of nitrogens with one attached hydrogen (secondary N) is 1. The van der Waals surface area contributed by atoms with Crippen molar-refractivity contribution in [2.75, 3.05) is 5.32 Å². The molecule has 0 saturated carbocycles. The number of carbonyl (C=O) groups excluding carboxylic acids is 2. The van der Waals surface area contributed by atoms with E-state index >= 15 is 0 Å². The van der Waals surface area contributed by atoms with Gasteiger partial charge in [-0.1, -0.05) is 6.07 Å². The van der Waals surface area contributed by atoms with E-state index in [1.54, 1.807) is 24.3 Å². The van der Waals surface area contributed by atoms with Crippen LogP contribution < -0.4 is 11.1 Å². The summed E-state index contributed by atoms with van der Waals surface area (Å²) in [5.74, 6) is -0.568. The number of aryl methyl sites for hydroxylation is 2. The van der Waals surface area contributed by atoms with Crippen LogP contribution in [0.5, 0.6) is 0 Å². The minimum absolute atomic E-state index is 0.0833. The topological polar surface area (TPSA) is 72.2 Å². The maximum atomic E-state index is 12.3. The number of primary amides is 1. The summed E-state index contributed by atoms with van der Waals surface area (Å²) in [7, 11) is 0. The van der Waals surface area contributed by atoms with Gasteiger partial charge in [-0.15, -0.1) is 11.8 Å². The predicted octanol–water partition coefficient (Wildman–Crippen LogP) is 3.52. The van der Waals surface area contributed by atoms with Crippen molar-refractivity contribution >= 4 is 29.3 Å². The number of benzene rings is 2. The maximum absolute atomic E-state index is 12.3. The van der Waals surface area contributed by atoms with Crippen molar-refractivity contribution in [3.05, 3.63) is 59.2 Å². The van der Waals surface area contributed by atoms with Gasteiger partial charge in [0.1, 0.15) is 0 Å². The molecule has 0 bridgehead atoms. The summed E-state index contributed by atoms with van der Waals surface area (Å²) in [6, 6.07) is 12.7. The van der Waals surface area contributed by atoms with E-state index in [1.807, 2.05) is 13.0 Å². The smallest absolute Gasteiger partial charge is 0.248 e. The molecule has 0 heterocycles. The second-order valence-electron chi connectivity index (χ2n) is 5.44. The van der Waals surface area contributed by atoms with Crippen LogP contribution in [-0.2, 0) is 4.79 Å². The Kier molecular flexibility index (Phi) is 5.45. The highest BCUT2D eigenvalue weighted by Gasteiger charge is 2.15. The van der Waals surface area contributed by atoms with Crippen LogP contribution >= 0.6 is 11.8 Å². The third-order valence-corrected chi connectivity index (χ3v) is 4.69. The first-order valence-electron chi connectivity index (χ1n) is 7.31.